The van der Waals surface area contributed by atoms with E-state index < -0.39 is 11.2 Å². The lowest BCUT2D eigenvalue weighted by molar-refractivity contribution is -0.116. The number of thioether (sulfide) groups is 1. The van der Waals surface area contributed by atoms with Crippen LogP contribution in [0, 0.1) is 5.92 Å². The van der Waals surface area contributed by atoms with Crippen molar-refractivity contribution in [1.29, 1.82) is 0 Å². The normalized spacial score (nSPS) is 11.1. The third-order valence-electron chi connectivity index (χ3n) is 4.04. The Kier molecular flexibility index (Phi) is 8.36. The van der Waals surface area contributed by atoms with Crippen LogP contribution in [0.15, 0.2) is 38.8 Å². The van der Waals surface area contributed by atoms with Crippen LogP contribution >= 0.6 is 23.4 Å². The number of halogens is 1. The number of carbonyl (C=O) groups excluding carboxylic acids is 1. The van der Waals surface area contributed by atoms with E-state index >= 15 is 0 Å². The third-order valence-corrected chi connectivity index (χ3v) is 5.54. The fraction of sp³-hybridized carbons (Fsp3) is 0.421. The molecule has 10 heteroatoms. The number of nitrogens with two attached hydrogens (primary N) is 1. The summed E-state index contributed by atoms with van der Waals surface area (Å²) < 4.78 is 6.35. The van der Waals surface area contributed by atoms with Gasteiger partial charge < -0.3 is 15.4 Å². The number of benzene rings is 1. The van der Waals surface area contributed by atoms with E-state index in [-0.39, 0.29) is 42.2 Å². The summed E-state index contributed by atoms with van der Waals surface area (Å²) in [6, 6.07) is 7.18. The molecular weight excluding hydrogens is 416 g/mol. The molecule has 0 aliphatic carbocycles. The highest BCUT2D eigenvalue weighted by atomic mass is 35.5. The van der Waals surface area contributed by atoms with Crippen LogP contribution in [0.2, 0.25) is 5.02 Å². The Bertz CT molecular complexity index is 973. The average molecular weight is 441 g/mol. The number of nitrogens with zero attached hydrogens (tertiary/aromatic N) is 2. The van der Waals surface area contributed by atoms with Gasteiger partial charge in [-0.05, 0) is 18.1 Å². The fourth-order valence-electron chi connectivity index (χ4n) is 2.71. The van der Waals surface area contributed by atoms with E-state index in [1.165, 1.54) is 28.3 Å². The Balaban J connectivity index is 2.38. The molecule has 0 saturated carbocycles. The van der Waals surface area contributed by atoms with Crippen LogP contribution in [0.3, 0.4) is 0 Å². The molecule has 3 N–H and O–H groups in total. The number of anilines is 2. The summed E-state index contributed by atoms with van der Waals surface area (Å²) in [5, 5.41) is 0.539. The van der Waals surface area contributed by atoms with Crippen molar-refractivity contribution < 1.29 is 9.53 Å². The summed E-state index contributed by atoms with van der Waals surface area (Å²) in [5.41, 5.74) is 4.80. The van der Waals surface area contributed by atoms with E-state index in [0.29, 0.717) is 11.6 Å². The lowest BCUT2D eigenvalue weighted by Crippen LogP contribution is -2.43. The van der Waals surface area contributed by atoms with Gasteiger partial charge in [0.25, 0.3) is 5.56 Å². The van der Waals surface area contributed by atoms with Crippen molar-refractivity contribution in [2.45, 2.75) is 25.3 Å². The molecule has 0 unspecified atom stereocenters. The van der Waals surface area contributed by atoms with Crippen LogP contribution < -0.4 is 21.9 Å². The molecule has 0 spiro atoms. The molecular formula is C19H25ClN4O4S. The van der Waals surface area contributed by atoms with Gasteiger partial charge in [0.15, 0.2) is 5.69 Å². The number of hydrogen-bond donors (Lipinski definition) is 2. The van der Waals surface area contributed by atoms with Gasteiger partial charge in [-0.2, -0.15) is 0 Å². The number of nitrogens with one attached hydrogen (secondary N) is 1. The summed E-state index contributed by atoms with van der Waals surface area (Å²) in [6.45, 7) is 4.47. The van der Waals surface area contributed by atoms with E-state index in [1.807, 2.05) is 26.0 Å². The minimum absolute atomic E-state index is 0.0373. The number of H-pyrrole nitrogens is 1. The number of carbonyl (C=O) groups is 1. The van der Waals surface area contributed by atoms with Crippen molar-refractivity contribution in [2.75, 3.05) is 36.6 Å². The zero-order chi connectivity index (χ0) is 21.6. The van der Waals surface area contributed by atoms with Crippen molar-refractivity contribution in [3.8, 4) is 0 Å². The lowest BCUT2D eigenvalue weighted by Gasteiger charge is -2.24. The zero-order valence-corrected chi connectivity index (χ0v) is 18.2. The van der Waals surface area contributed by atoms with E-state index in [1.54, 1.807) is 12.1 Å². The molecule has 0 aliphatic heterocycles. The monoisotopic (exact) mass is 440 g/mol. The quantitative estimate of drug-likeness (QED) is 0.578. The predicted molar refractivity (Wildman–Crippen MR) is 117 cm³/mol. The molecule has 0 fully saturated rings. The molecule has 158 valence electrons. The Hall–Kier alpha value is -2.23. The second kappa shape index (κ2) is 10.5. The molecule has 29 heavy (non-hydrogen) atoms. The summed E-state index contributed by atoms with van der Waals surface area (Å²) in [6.07, 6.45) is 0. The molecule has 1 aromatic carbocycles. The Morgan fingerprint density at radius 2 is 2.03 bits per heavy atom. The van der Waals surface area contributed by atoms with Gasteiger partial charge in [0.1, 0.15) is 5.82 Å². The standard InChI is InChI=1S/C19H25ClN4O4S/c1-12(2)10-24-17(21)16(18(26)22-19(24)27)23(8-9-28-3)15(25)11-29-14-7-5-4-6-13(14)20/h4-7,12H,8-11,21H2,1-3H3,(H,22,26,27). The predicted octanol–water partition coefficient (Wildman–Crippen LogP) is 2.20. The van der Waals surface area contributed by atoms with Gasteiger partial charge in [0, 0.05) is 25.1 Å². The smallest absolute Gasteiger partial charge is 0.330 e. The van der Waals surface area contributed by atoms with E-state index in [9.17, 15) is 14.4 Å². The topological polar surface area (TPSA) is 110 Å². The van der Waals surface area contributed by atoms with Gasteiger partial charge in [0.05, 0.1) is 17.4 Å². The Labute approximate surface area is 178 Å². The molecule has 0 atom stereocenters. The first kappa shape index (κ1) is 23.1. The first-order valence-corrected chi connectivity index (χ1v) is 10.4. The minimum atomic E-state index is -0.709. The first-order valence-electron chi connectivity index (χ1n) is 9.05. The molecule has 8 nitrogen and oxygen atoms in total. The van der Waals surface area contributed by atoms with Crippen molar-refractivity contribution in [3.63, 3.8) is 0 Å². The molecule has 0 saturated heterocycles. The van der Waals surface area contributed by atoms with E-state index in [2.05, 4.69) is 4.98 Å². The summed E-state index contributed by atoms with van der Waals surface area (Å²) in [7, 11) is 1.49. The van der Waals surface area contributed by atoms with Crippen LogP contribution in [0.5, 0.6) is 0 Å². The Morgan fingerprint density at radius 1 is 1.34 bits per heavy atom. The van der Waals surface area contributed by atoms with Crippen LogP contribution in [0.25, 0.3) is 0 Å². The van der Waals surface area contributed by atoms with E-state index in [0.717, 1.165) is 4.90 Å². The van der Waals surface area contributed by atoms with Gasteiger partial charge in [-0.25, -0.2) is 4.79 Å². The van der Waals surface area contributed by atoms with E-state index in [4.69, 9.17) is 22.1 Å². The van der Waals surface area contributed by atoms with Gasteiger partial charge in [0.2, 0.25) is 5.91 Å². The molecule has 2 rings (SSSR count). The van der Waals surface area contributed by atoms with Gasteiger partial charge >= 0.3 is 5.69 Å². The highest BCUT2D eigenvalue weighted by Gasteiger charge is 2.24. The highest BCUT2D eigenvalue weighted by Crippen LogP contribution is 2.27. The summed E-state index contributed by atoms with van der Waals surface area (Å²) in [5.74, 6) is -0.235. The van der Waals surface area contributed by atoms with Crippen molar-refractivity contribution in [1.82, 2.24) is 9.55 Å². The lowest BCUT2D eigenvalue weighted by atomic mass is 10.2. The summed E-state index contributed by atoms with van der Waals surface area (Å²) >= 11 is 7.40. The Morgan fingerprint density at radius 3 is 2.66 bits per heavy atom. The molecule has 2 aromatic rings. The molecule has 0 radical (unpaired) electrons. The molecule has 1 amide bonds. The zero-order valence-electron chi connectivity index (χ0n) is 16.6. The average Bonchev–Trinajstić information content (AvgIpc) is 2.66. The largest absolute Gasteiger partial charge is 0.383 e. The number of rotatable bonds is 9. The maximum atomic E-state index is 13.0. The molecule has 0 aliphatic rings. The number of ether oxygens (including phenoxy) is 1. The van der Waals surface area contributed by atoms with Crippen LogP contribution in [0.1, 0.15) is 13.8 Å². The molecule has 1 heterocycles. The van der Waals surface area contributed by atoms with Crippen molar-refractivity contribution in [2.24, 2.45) is 5.92 Å². The number of hydrogen-bond acceptors (Lipinski definition) is 6. The third kappa shape index (κ3) is 5.88. The van der Waals surface area contributed by atoms with Crippen LogP contribution in [0.4, 0.5) is 11.5 Å². The fourth-order valence-corrected chi connectivity index (χ4v) is 3.82. The second-order valence-electron chi connectivity index (χ2n) is 6.75. The number of aromatic amines is 1. The number of methoxy groups -OCH3 is 1. The summed E-state index contributed by atoms with van der Waals surface area (Å²) in [4.78, 5) is 41.9. The maximum absolute atomic E-state index is 13.0. The highest BCUT2D eigenvalue weighted by molar-refractivity contribution is 8.00. The first-order chi connectivity index (χ1) is 13.8. The number of amides is 1. The van der Waals surface area contributed by atoms with Crippen LogP contribution in [-0.2, 0) is 16.1 Å². The van der Waals surface area contributed by atoms with Crippen molar-refractivity contribution in [3.05, 3.63) is 50.1 Å². The number of nitrogen functional groups attached to an aromatic ring is 1. The van der Waals surface area contributed by atoms with Gasteiger partial charge in [-0.3, -0.25) is 19.1 Å². The van der Waals surface area contributed by atoms with Gasteiger partial charge in [-0.15, -0.1) is 11.8 Å². The van der Waals surface area contributed by atoms with Gasteiger partial charge in [-0.1, -0.05) is 37.6 Å². The molecule has 0 bridgehead atoms. The minimum Gasteiger partial charge on any atom is -0.383 e. The molecule has 1 aromatic heterocycles. The SMILES string of the molecule is COCCN(C(=O)CSc1ccccc1Cl)c1c(N)n(CC(C)C)c(=O)[nH]c1=O. The van der Waals surface area contributed by atoms with Crippen LogP contribution in [-0.4, -0.2) is 41.5 Å². The number of aromatic nitrogens is 2. The second-order valence-corrected chi connectivity index (χ2v) is 8.18. The van der Waals surface area contributed by atoms with Crippen molar-refractivity contribution >= 4 is 40.8 Å². The maximum Gasteiger partial charge on any atom is 0.330 e.